The fourth-order valence-corrected chi connectivity index (χ4v) is 1.52. The Hall–Kier alpha value is -0.820. The fraction of sp³-hybridized carbons (Fsp3) is 0.400. The first-order valence-electron chi connectivity index (χ1n) is 3.97. The Kier molecular flexibility index (Phi) is 1.30. The van der Waals surface area contributed by atoms with Crippen molar-refractivity contribution >= 4 is 0 Å². The van der Waals surface area contributed by atoms with E-state index in [9.17, 15) is 5.11 Å². The standard InChI is InChI=1S/C10H12O/c1-10(11)7-9(10)8-5-3-2-4-6-8/h2-6,9,11H,7H2,1H3/t9-,10-/m1/s1. The van der Waals surface area contributed by atoms with E-state index >= 15 is 0 Å². The Morgan fingerprint density at radius 3 is 2.36 bits per heavy atom. The summed E-state index contributed by atoms with van der Waals surface area (Å²) in [6.45, 7) is 1.89. The Labute approximate surface area is 66.7 Å². The molecule has 1 nitrogen and oxygen atoms in total. The largest absolute Gasteiger partial charge is 0.390 e. The first-order valence-corrected chi connectivity index (χ1v) is 3.97. The van der Waals surface area contributed by atoms with Crippen molar-refractivity contribution < 1.29 is 5.11 Å². The smallest absolute Gasteiger partial charge is 0.0696 e. The summed E-state index contributed by atoms with van der Waals surface area (Å²) >= 11 is 0. The summed E-state index contributed by atoms with van der Waals surface area (Å²) in [5.41, 5.74) is 0.832. The molecule has 1 aromatic carbocycles. The van der Waals surface area contributed by atoms with Gasteiger partial charge < -0.3 is 5.11 Å². The lowest BCUT2D eigenvalue weighted by Crippen LogP contribution is -2.01. The van der Waals surface area contributed by atoms with Gasteiger partial charge in [0, 0.05) is 5.92 Å². The SMILES string of the molecule is C[C@@]1(O)C[C@@H]1c1ccccc1. The maximum atomic E-state index is 9.55. The first kappa shape index (κ1) is 6.86. The van der Waals surface area contributed by atoms with Gasteiger partial charge in [0.05, 0.1) is 5.60 Å². The highest BCUT2D eigenvalue weighted by Gasteiger charge is 2.49. The first-order chi connectivity index (χ1) is 5.20. The number of hydrogen-bond donors (Lipinski definition) is 1. The van der Waals surface area contributed by atoms with Gasteiger partial charge in [-0.25, -0.2) is 0 Å². The topological polar surface area (TPSA) is 20.2 Å². The van der Waals surface area contributed by atoms with E-state index in [1.807, 2.05) is 25.1 Å². The van der Waals surface area contributed by atoms with Gasteiger partial charge in [-0.2, -0.15) is 0 Å². The van der Waals surface area contributed by atoms with Crippen LogP contribution in [0.1, 0.15) is 24.8 Å². The van der Waals surface area contributed by atoms with Crippen LogP contribution in [0, 0.1) is 0 Å². The summed E-state index contributed by atoms with van der Waals surface area (Å²) in [6, 6.07) is 10.2. The molecule has 1 fully saturated rings. The van der Waals surface area contributed by atoms with Crippen molar-refractivity contribution in [2.45, 2.75) is 24.9 Å². The lowest BCUT2D eigenvalue weighted by molar-refractivity contribution is 0.164. The van der Waals surface area contributed by atoms with E-state index in [2.05, 4.69) is 12.1 Å². The summed E-state index contributed by atoms with van der Waals surface area (Å²) < 4.78 is 0. The average Bonchev–Trinajstić information content (AvgIpc) is 2.62. The van der Waals surface area contributed by atoms with Crippen molar-refractivity contribution in [1.82, 2.24) is 0 Å². The summed E-state index contributed by atoms with van der Waals surface area (Å²) in [6.07, 6.45) is 0.914. The molecule has 0 aliphatic heterocycles. The third kappa shape index (κ3) is 1.16. The number of aliphatic hydroxyl groups is 1. The Morgan fingerprint density at radius 1 is 1.36 bits per heavy atom. The normalized spacial score (nSPS) is 35.3. The Morgan fingerprint density at radius 2 is 1.91 bits per heavy atom. The molecule has 11 heavy (non-hydrogen) atoms. The minimum absolute atomic E-state index is 0.378. The summed E-state index contributed by atoms with van der Waals surface area (Å²) in [5.74, 6) is 0.378. The van der Waals surface area contributed by atoms with Gasteiger partial charge in [-0.15, -0.1) is 0 Å². The number of hydrogen-bond acceptors (Lipinski definition) is 1. The monoisotopic (exact) mass is 148 g/mol. The van der Waals surface area contributed by atoms with Crippen LogP contribution in [-0.2, 0) is 0 Å². The number of rotatable bonds is 1. The molecular formula is C10H12O. The van der Waals surface area contributed by atoms with Gasteiger partial charge in [0.15, 0.2) is 0 Å². The third-order valence-corrected chi connectivity index (χ3v) is 2.41. The number of benzene rings is 1. The molecule has 0 heterocycles. The Bertz CT molecular complexity index is 251. The van der Waals surface area contributed by atoms with Gasteiger partial charge in [-0.05, 0) is 18.9 Å². The lowest BCUT2D eigenvalue weighted by Gasteiger charge is -2.01. The average molecular weight is 148 g/mol. The summed E-state index contributed by atoms with van der Waals surface area (Å²) in [4.78, 5) is 0. The Balaban J connectivity index is 2.21. The van der Waals surface area contributed by atoms with Gasteiger partial charge in [-0.1, -0.05) is 30.3 Å². The molecule has 0 saturated heterocycles. The fourth-order valence-electron chi connectivity index (χ4n) is 1.52. The van der Waals surface area contributed by atoms with Crippen molar-refractivity contribution in [3.8, 4) is 0 Å². The molecule has 0 amide bonds. The molecule has 0 bridgehead atoms. The minimum Gasteiger partial charge on any atom is -0.390 e. The van der Waals surface area contributed by atoms with E-state index < -0.39 is 5.60 Å². The second kappa shape index (κ2) is 2.08. The van der Waals surface area contributed by atoms with Crippen LogP contribution in [-0.4, -0.2) is 10.7 Å². The van der Waals surface area contributed by atoms with Crippen LogP contribution in [0.25, 0.3) is 0 Å². The van der Waals surface area contributed by atoms with Gasteiger partial charge >= 0.3 is 0 Å². The van der Waals surface area contributed by atoms with Gasteiger partial charge in [0.2, 0.25) is 0 Å². The molecular weight excluding hydrogens is 136 g/mol. The van der Waals surface area contributed by atoms with E-state index in [0.717, 1.165) is 6.42 Å². The highest BCUT2D eigenvalue weighted by molar-refractivity contribution is 5.29. The second-order valence-corrected chi connectivity index (χ2v) is 3.52. The molecule has 1 heteroatoms. The van der Waals surface area contributed by atoms with Crippen LogP contribution in [0.3, 0.4) is 0 Å². The van der Waals surface area contributed by atoms with Crippen molar-refractivity contribution in [3.05, 3.63) is 35.9 Å². The molecule has 1 N–H and O–H groups in total. The quantitative estimate of drug-likeness (QED) is 0.645. The van der Waals surface area contributed by atoms with E-state index in [1.54, 1.807) is 0 Å². The molecule has 1 aliphatic carbocycles. The molecule has 58 valence electrons. The van der Waals surface area contributed by atoms with Crippen LogP contribution in [0.2, 0.25) is 0 Å². The predicted molar refractivity (Wildman–Crippen MR) is 44.4 cm³/mol. The van der Waals surface area contributed by atoms with Crippen molar-refractivity contribution in [2.75, 3.05) is 0 Å². The van der Waals surface area contributed by atoms with Gasteiger partial charge in [0.1, 0.15) is 0 Å². The van der Waals surface area contributed by atoms with Crippen LogP contribution < -0.4 is 0 Å². The molecule has 2 atom stereocenters. The maximum Gasteiger partial charge on any atom is 0.0696 e. The summed E-state index contributed by atoms with van der Waals surface area (Å²) in [5, 5.41) is 9.55. The highest BCUT2D eigenvalue weighted by atomic mass is 16.3. The lowest BCUT2D eigenvalue weighted by atomic mass is 10.1. The molecule has 1 aliphatic rings. The van der Waals surface area contributed by atoms with E-state index in [4.69, 9.17) is 0 Å². The molecule has 0 radical (unpaired) electrons. The zero-order valence-corrected chi connectivity index (χ0v) is 6.62. The van der Waals surface area contributed by atoms with E-state index in [0.29, 0.717) is 5.92 Å². The molecule has 1 aromatic rings. The van der Waals surface area contributed by atoms with Crippen LogP contribution in [0.15, 0.2) is 30.3 Å². The van der Waals surface area contributed by atoms with Crippen molar-refractivity contribution in [1.29, 1.82) is 0 Å². The highest BCUT2D eigenvalue weighted by Crippen LogP contribution is 2.50. The molecule has 0 aromatic heterocycles. The molecule has 1 saturated carbocycles. The van der Waals surface area contributed by atoms with Crippen LogP contribution in [0.5, 0.6) is 0 Å². The van der Waals surface area contributed by atoms with E-state index in [1.165, 1.54) is 5.56 Å². The second-order valence-electron chi connectivity index (χ2n) is 3.52. The zero-order valence-electron chi connectivity index (χ0n) is 6.62. The van der Waals surface area contributed by atoms with Crippen LogP contribution >= 0.6 is 0 Å². The van der Waals surface area contributed by atoms with Gasteiger partial charge in [-0.3, -0.25) is 0 Å². The predicted octanol–water partition coefficient (Wildman–Crippen LogP) is 1.92. The molecule has 2 rings (SSSR count). The molecule has 0 spiro atoms. The van der Waals surface area contributed by atoms with Crippen LogP contribution in [0.4, 0.5) is 0 Å². The third-order valence-electron chi connectivity index (χ3n) is 2.41. The minimum atomic E-state index is -0.429. The van der Waals surface area contributed by atoms with Crippen molar-refractivity contribution in [3.63, 3.8) is 0 Å². The molecule has 0 unspecified atom stereocenters. The summed E-state index contributed by atoms with van der Waals surface area (Å²) in [7, 11) is 0. The van der Waals surface area contributed by atoms with Gasteiger partial charge in [0.25, 0.3) is 0 Å². The van der Waals surface area contributed by atoms with E-state index in [-0.39, 0.29) is 0 Å². The van der Waals surface area contributed by atoms with Crippen molar-refractivity contribution in [2.24, 2.45) is 0 Å². The maximum absolute atomic E-state index is 9.55. The zero-order chi connectivity index (χ0) is 7.90.